The van der Waals surface area contributed by atoms with Crippen LogP contribution in [0.15, 0.2) is 34.2 Å². The van der Waals surface area contributed by atoms with Gasteiger partial charge in [0.15, 0.2) is 5.96 Å². The standard InChI is InChI=1S/C15H26N4O/c1-13(2)8-10-18-15(16)17-9-4-6-12-19-11-5-3-7-14(19)20/h3,5,7,11,13H,4,6,8-10,12H2,1-2H3,(H3,16,17,18). The van der Waals surface area contributed by atoms with Crippen LogP contribution >= 0.6 is 0 Å². The zero-order chi connectivity index (χ0) is 14.8. The first-order valence-corrected chi connectivity index (χ1v) is 7.29. The maximum atomic E-state index is 11.5. The third-order valence-corrected chi connectivity index (χ3v) is 3.02. The molecule has 1 aromatic rings. The summed E-state index contributed by atoms with van der Waals surface area (Å²) in [7, 11) is 0. The Hall–Kier alpha value is -1.78. The average Bonchev–Trinajstić information content (AvgIpc) is 2.40. The van der Waals surface area contributed by atoms with Crippen molar-refractivity contribution in [3.05, 3.63) is 34.7 Å². The van der Waals surface area contributed by atoms with Gasteiger partial charge in [0.05, 0.1) is 0 Å². The summed E-state index contributed by atoms with van der Waals surface area (Å²) < 4.78 is 1.72. The normalized spacial score (nSPS) is 11.8. The molecule has 1 rings (SSSR count). The van der Waals surface area contributed by atoms with E-state index < -0.39 is 0 Å². The molecule has 0 amide bonds. The van der Waals surface area contributed by atoms with Crippen molar-refractivity contribution in [2.75, 3.05) is 13.1 Å². The van der Waals surface area contributed by atoms with Crippen molar-refractivity contribution in [1.29, 1.82) is 0 Å². The largest absolute Gasteiger partial charge is 0.370 e. The molecule has 0 aliphatic rings. The molecule has 20 heavy (non-hydrogen) atoms. The monoisotopic (exact) mass is 278 g/mol. The quantitative estimate of drug-likeness (QED) is 0.431. The second-order valence-electron chi connectivity index (χ2n) is 5.32. The fraction of sp³-hybridized carbons (Fsp3) is 0.600. The predicted octanol–water partition coefficient (Wildman–Crippen LogP) is 1.58. The van der Waals surface area contributed by atoms with Crippen LogP contribution in [0.1, 0.15) is 33.1 Å². The number of nitrogens with zero attached hydrogens (tertiary/aromatic N) is 2. The van der Waals surface area contributed by atoms with E-state index >= 15 is 0 Å². The van der Waals surface area contributed by atoms with Gasteiger partial charge >= 0.3 is 0 Å². The Morgan fingerprint density at radius 3 is 2.90 bits per heavy atom. The zero-order valence-electron chi connectivity index (χ0n) is 12.5. The Labute approximate surface area is 120 Å². The molecule has 0 atom stereocenters. The summed E-state index contributed by atoms with van der Waals surface area (Å²) in [6, 6.07) is 5.21. The van der Waals surface area contributed by atoms with Crippen molar-refractivity contribution < 1.29 is 0 Å². The summed E-state index contributed by atoms with van der Waals surface area (Å²) in [5, 5.41) is 3.10. The summed E-state index contributed by atoms with van der Waals surface area (Å²) in [5.74, 6) is 1.18. The fourth-order valence-electron chi connectivity index (χ4n) is 1.78. The number of pyridine rings is 1. The van der Waals surface area contributed by atoms with Crippen LogP contribution in [-0.2, 0) is 6.54 Å². The molecule has 0 saturated heterocycles. The minimum absolute atomic E-state index is 0.0471. The predicted molar refractivity (Wildman–Crippen MR) is 83.9 cm³/mol. The van der Waals surface area contributed by atoms with Crippen molar-refractivity contribution in [3.8, 4) is 0 Å². The maximum absolute atomic E-state index is 11.5. The van der Waals surface area contributed by atoms with Gasteiger partial charge in [-0.25, -0.2) is 0 Å². The molecule has 0 aliphatic carbocycles. The minimum atomic E-state index is 0.0471. The smallest absolute Gasteiger partial charge is 0.250 e. The second-order valence-corrected chi connectivity index (χ2v) is 5.32. The molecule has 1 aromatic heterocycles. The highest BCUT2D eigenvalue weighted by atomic mass is 16.1. The fourth-order valence-corrected chi connectivity index (χ4v) is 1.78. The SMILES string of the molecule is CC(C)CCNC(N)=NCCCCn1ccccc1=O. The molecule has 5 heteroatoms. The van der Waals surface area contributed by atoms with Gasteiger partial charge in [0.25, 0.3) is 0 Å². The van der Waals surface area contributed by atoms with Gasteiger partial charge in [-0.1, -0.05) is 19.9 Å². The van der Waals surface area contributed by atoms with E-state index in [9.17, 15) is 4.79 Å². The molecule has 0 bridgehead atoms. The lowest BCUT2D eigenvalue weighted by Gasteiger charge is -2.07. The van der Waals surface area contributed by atoms with Crippen molar-refractivity contribution in [1.82, 2.24) is 9.88 Å². The topological polar surface area (TPSA) is 72.4 Å². The summed E-state index contributed by atoms with van der Waals surface area (Å²) in [5.41, 5.74) is 5.81. The van der Waals surface area contributed by atoms with Crippen LogP contribution in [0, 0.1) is 5.92 Å². The number of aryl methyl sites for hydroxylation is 1. The van der Waals surface area contributed by atoms with E-state index in [-0.39, 0.29) is 5.56 Å². The van der Waals surface area contributed by atoms with E-state index in [0.29, 0.717) is 18.4 Å². The van der Waals surface area contributed by atoms with E-state index in [1.54, 1.807) is 16.7 Å². The van der Waals surface area contributed by atoms with Crippen molar-refractivity contribution in [3.63, 3.8) is 0 Å². The molecule has 3 N–H and O–H groups in total. The van der Waals surface area contributed by atoms with Crippen LogP contribution in [0.3, 0.4) is 0 Å². The molecule has 0 spiro atoms. The van der Waals surface area contributed by atoms with E-state index in [1.165, 1.54) is 0 Å². The Morgan fingerprint density at radius 1 is 1.40 bits per heavy atom. The van der Waals surface area contributed by atoms with Gasteiger partial charge in [0.2, 0.25) is 5.56 Å². The molecular weight excluding hydrogens is 252 g/mol. The highest BCUT2D eigenvalue weighted by Gasteiger charge is 1.96. The van der Waals surface area contributed by atoms with Crippen LogP contribution in [0.4, 0.5) is 0 Å². The average molecular weight is 278 g/mol. The highest BCUT2D eigenvalue weighted by Crippen LogP contribution is 1.96. The van der Waals surface area contributed by atoms with E-state index in [1.807, 2.05) is 12.3 Å². The third-order valence-electron chi connectivity index (χ3n) is 3.02. The van der Waals surface area contributed by atoms with Crippen LogP contribution < -0.4 is 16.6 Å². The van der Waals surface area contributed by atoms with E-state index in [2.05, 4.69) is 24.2 Å². The molecule has 0 unspecified atom stereocenters. The van der Waals surface area contributed by atoms with E-state index in [0.717, 1.165) is 32.4 Å². The molecule has 0 radical (unpaired) electrons. The van der Waals surface area contributed by atoms with E-state index in [4.69, 9.17) is 5.73 Å². The third kappa shape index (κ3) is 6.97. The first kappa shape index (κ1) is 16.3. The minimum Gasteiger partial charge on any atom is -0.370 e. The van der Waals surface area contributed by atoms with Gasteiger partial charge in [0, 0.05) is 31.9 Å². The van der Waals surface area contributed by atoms with Gasteiger partial charge in [-0.3, -0.25) is 9.79 Å². The molecular formula is C15H26N4O. The Bertz CT molecular complexity index is 465. The second kappa shape index (κ2) is 9.18. The highest BCUT2D eigenvalue weighted by molar-refractivity contribution is 5.77. The van der Waals surface area contributed by atoms with Crippen LogP contribution in [0.25, 0.3) is 0 Å². The number of guanidine groups is 1. The summed E-state index contributed by atoms with van der Waals surface area (Å²) in [6.07, 6.45) is 4.75. The van der Waals surface area contributed by atoms with Crippen molar-refractivity contribution in [2.45, 2.75) is 39.7 Å². The molecule has 112 valence electrons. The Kier molecular flexibility index (Phi) is 7.47. The first-order valence-electron chi connectivity index (χ1n) is 7.29. The Morgan fingerprint density at radius 2 is 2.20 bits per heavy atom. The van der Waals surface area contributed by atoms with Crippen molar-refractivity contribution >= 4 is 5.96 Å². The lowest BCUT2D eigenvalue weighted by Crippen LogP contribution is -2.33. The number of hydrogen-bond acceptors (Lipinski definition) is 2. The number of rotatable bonds is 8. The summed E-state index contributed by atoms with van der Waals surface area (Å²) >= 11 is 0. The molecule has 0 aliphatic heterocycles. The van der Waals surface area contributed by atoms with Crippen LogP contribution in [0.5, 0.6) is 0 Å². The lowest BCUT2D eigenvalue weighted by molar-refractivity contribution is 0.575. The summed E-state index contributed by atoms with van der Waals surface area (Å²) in [4.78, 5) is 15.7. The van der Waals surface area contributed by atoms with Gasteiger partial charge in [-0.2, -0.15) is 0 Å². The maximum Gasteiger partial charge on any atom is 0.250 e. The molecule has 0 aromatic carbocycles. The molecule has 1 heterocycles. The van der Waals surface area contributed by atoms with Gasteiger partial charge in [-0.05, 0) is 31.2 Å². The number of aliphatic imine (C=N–C) groups is 1. The van der Waals surface area contributed by atoms with Gasteiger partial charge in [0.1, 0.15) is 0 Å². The van der Waals surface area contributed by atoms with Gasteiger partial charge < -0.3 is 15.6 Å². The Balaban J connectivity index is 2.15. The van der Waals surface area contributed by atoms with Crippen LogP contribution in [0.2, 0.25) is 0 Å². The molecule has 0 saturated carbocycles. The molecule has 0 fully saturated rings. The first-order chi connectivity index (χ1) is 9.59. The number of nitrogens with two attached hydrogens (primary N) is 1. The number of hydrogen-bond donors (Lipinski definition) is 2. The lowest BCUT2D eigenvalue weighted by atomic mass is 10.1. The molecule has 5 nitrogen and oxygen atoms in total. The van der Waals surface area contributed by atoms with Gasteiger partial charge in [-0.15, -0.1) is 0 Å². The number of nitrogens with one attached hydrogen (secondary N) is 1. The number of unbranched alkanes of at least 4 members (excludes halogenated alkanes) is 1. The summed E-state index contributed by atoms with van der Waals surface area (Å²) in [6.45, 7) is 6.66. The van der Waals surface area contributed by atoms with Crippen molar-refractivity contribution in [2.24, 2.45) is 16.6 Å². The zero-order valence-corrected chi connectivity index (χ0v) is 12.5. The number of aromatic nitrogens is 1. The van der Waals surface area contributed by atoms with Crippen LogP contribution in [-0.4, -0.2) is 23.6 Å².